The summed E-state index contributed by atoms with van der Waals surface area (Å²) in [5, 5.41) is 9.36. The number of aliphatic carboxylic acids is 1. The number of hydrogen-bond acceptors (Lipinski definition) is 2. The number of carboxylic acid groups (broad SMARTS) is 1. The predicted octanol–water partition coefficient (Wildman–Crippen LogP) is 3.29. The molecule has 100 valence electrons. The van der Waals surface area contributed by atoms with Crippen molar-refractivity contribution in [2.24, 2.45) is 11.3 Å². The first kappa shape index (κ1) is 14.6. The lowest BCUT2D eigenvalue weighted by atomic mass is 9.77. The minimum absolute atomic E-state index is 0.277. The predicted molar refractivity (Wildman–Crippen MR) is 72.0 cm³/mol. The van der Waals surface area contributed by atoms with E-state index >= 15 is 0 Å². The number of benzene rings is 1. The van der Waals surface area contributed by atoms with Crippen molar-refractivity contribution in [1.29, 1.82) is 0 Å². The molecule has 0 spiro atoms. The summed E-state index contributed by atoms with van der Waals surface area (Å²) in [7, 11) is 1.61. The number of carboxylic acids is 1. The van der Waals surface area contributed by atoms with Crippen LogP contribution in [0.3, 0.4) is 0 Å². The van der Waals surface area contributed by atoms with E-state index in [-0.39, 0.29) is 5.41 Å². The van der Waals surface area contributed by atoms with E-state index in [4.69, 9.17) is 4.74 Å². The van der Waals surface area contributed by atoms with Gasteiger partial charge in [0.25, 0.3) is 0 Å². The summed E-state index contributed by atoms with van der Waals surface area (Å²) >= 11 is 0. The fourth-order valence-corrected chi connectivity index (χ4v) is 2.05. The third-order valence-corrected chi connectivity index (χ3v) is 3.20. The van der Waals surface area contributed by atoms with Gasteiger partial charge in [-0.1, -0.05) is 38.5 Å². The highest BCUT2D eigenvalue weighted by Crippen LogP contribution is 2.32. The Morgan fingerprint density at radius 2 is 2.00 bits per heavy atom. The summed E-state index contributed by atoms with van der Waals surface area (Å²) < 4.78 is 5.30. The SMILES string of the molecule is COc1ccc(C)cc1CC(C(=O)O)C(C)(C)C. The van der Waals surface area contributed by atoms with Crippen LogP contribution in [0.5, 0.6) is 5.75 Å². The maximum atomic E-state index is 11.4. The monoisotopic (exact) mass is 250 g/mol. The summed E-state index contributed by atoms with van der Waals surface area (Å²) in [4.78, 5) is 11.4. The van der Waals surface area contributed by atoms with Gasteiger partial charge in [0.1, 0.15) is 5.75 Å². The molecule has 0 bridgehead atoms. The Kier molecular flexibility index (Phi) is 4.38. The Balaban J connectivity index is 3.08. The Labute approximate surface area is 109 Å². The summed E-state index contributed by atoms with van der Waals surface area (Å²) in [5.41, 5.74) is 1.80. The van der Waals surface area contributed by atoms with Crippen LogP contribution in [0.25, 0.3) is 0 Å². The fourth-order valence-electron chi connectivity index (χ4n) is 2.05. The summed E-state index contributed by atoms with van der Waals surface area (Å²) in [6.45, 7) is 7.85. The molecule has 0 saturated carbocycles. The summed E-state index contributed by atoms with van der Waals surface area (Å²) in [5.74, 6) is -0.421. The molecule has 1 atom stereocenters. The van der Waals surface area contributed by atoms with Crippen LogP contribution in [0.4, 0.5) is 0 Å². The van der Waals surface area contributed by atoms with Crippen molar-refractivity contribution in [1.82, 2.24) is 0 Å². The van der Waals surface area contributed by atoms with Gasteiger partial charge in [-0.2, -0.15) is 0 Å². The van der Waals surface area contributed by atoms with Gasteiger partial charge in [-0.05, 0) is 30.4 Å². The molecule has 0 amide bonds. The number of hydrogen-bond donors (Lipinski definition) is 1. The molecule has 0 fully saturated rings. The van der Waals surface area contributed by atoms with E-state index in [0.717, 1.165) is 16.9 Å². The Morgan fingerprint density at radius 1 is 1.39 bits per heavy atom. The second-order valence-electron chi connectivity index (χ2n) is 5.78. The van der Waals surface area contributed by atoms with Crippen LogP contribution in [0, 0.1) is 18.3 Å². The average molecular weight is 250 g/mol. The lowest BCUT2D eigenvalue weighted by Gasteiger charge is -2.27. The topological polar surface area (TPSA) is 46.5 Å². The number of carbonyl (C=O) groups is 1. The van der Waals surface area contributed by atoms with Crippen molar-refractivity contribution in [3.63, 3.8) is 0 Å². The van der Waals surface area contributed by atoms with Crippen molar-refractivity contribution in [2.45, 2.75) is 34.1 Å². The first-order valence-electron chi connectivity index (χ1n) is 6.12. The van der Waals surface area contributed by atoms with Crippen molar-refractivity contribution in [3.05, 3.63) is 29.3 Å². The first-order valence-corrected chi connectivity index (χ1v) is 6.12. The minimum atomic E-state index is -0.758. The van der Waals surface area contributed by atoms with E-state index in [0.29, 0.717) is 6.42 Å². The van der Waals surface area contributed by atoms with E-state index in [9.17, 15) is 9.90 Å². The van der Waals surface area contributed by atoms with Crippen LogP contribution in [-0.4, -0.2) is 18.2 Å². The van der Waals surface area contributed by atoms with Crippen LogP contribution in [0.15, 0.2) is 18.2 Å². The van der Waals surface area contributed by atoms with Crippen molar-refractivity contribution >= 4 is 5.97 Å². The van der Waals surface area contributed by atoms with Crippen LogP contribution in [0.2, 0.25) is 0 Å². The molecule has 0 radical (unpaired) electrons. The minimum Gasteiger partial charge on any atom is -0.496 e. The molecule has 18 heavy (non-hydrogen) atoms. The molecule has 1 aromatic rings. The van der Waals surface area contributed by atoms with Crippen molar-refractivity contribution < 1.29 is 14.6 Å². The second kappa shape index (κ2) is 5.42. The van der Waals surface area contributed by atoms with Gasteiger partial charge in [0.05, 0.1) is 13.0 Å². The number of ether oxygens (including phenoxy) is 1. The standard InChI is InChI=1S/C15H22O3/c1-10-6-7-13(18-5)11(8-10)9-12(14(16)17)15(2,3)4/h6-8,12H,9H2,1-5H3,(H,16,17). The second-order valence-corrected chi connectivity index (χ2v) is 5.78. The highest BCUT2D eigenvalue weighted by atomic mass is 16.5. The van der Waals surface area contributed by atoms with Gasteiger partial charge in [-0.3, -0.25) is 4.79 Å². The van der Waals surface area contributed by atoms with Crippen molar-refractivity contribution in [2.75, 3.05) is 7.11 Å². The third-order valence-electron chi connectivity index (χ3n) is 3.20. The summed E-state index contributed by atoms with van der Waals surface area (Å²) in [6, 6.07) is 5.86. The number of rotatable bonds is 4. The van der Waals surface area contributed by atoms with Gasteiger partial charge in [-0.15, -0.1) is 0 Å². The van der Waals surface area contributed by atoms with Gasteiger partial charge in [0.15, 0.2) is 0 Å². The fraction of sp³-hybridized carbons (Fsp3) is 0.533. The quantitative estimate of drug-likeness (QED) is 0.892. The highest BCUT2D eigenvalue weighted by Gasteiger charge is 2.31. The molecular weight excluding hydrogens is 228 g/mol. The van der Waals surface area contributed by atoms with Gasteiger partial charge in [0.2, 0.25) is 0 Å². The molecule has 1 unspecified atom stereocenters. The van der Waals surface area contributed by atoms with Crippen LogP contribution < -0.4 is 4.74 Å². The largest absolute Gasteiger partial charge is 0.496 e. The molecule has 0 heterocycles. The average Bonchev–Trinajstić information content (AvgIpc) is 2.24. The van der Waals surface area contributed by atoms with Gasteiger partial charge in [0, 0.05) is 0 Å². The molecule has 0 aliphatic rings. The first-order chi connectivity index (χ1) is 8.25. The van der Waals surface area contributed by atoms with Gasteiger partial charge >= 0.3 is 5.97 Å². The molecule has 1 aromatic carbocycles. The van der Waals surface area contributed by atoms with Gasteiger partial charge < -0.3 is 9.84 Å². The molecule has 0 saturated heterocycles. The van der Waals surface area contributed by atoms with Crippen molar-refractivity contribution in [3.8, 4) is 5.75 Å². The van der Waals surface area contributed by atoms with Crippen LogP contribution in [0.1, 0.15) is 31.9 Å². The van der Waals surface area contributed by atoms with Gasteiger partial charge in [-0.25, -0.2) is 0 Å². The molecule has 0 aliphatic carbocycles. The molecule has 3 heteroatoms. The highest BCUT2D eigenvalue weighted by molar-refractivity contribution is 5.71. The Morgan fingerprint density at radius 3 is 2.44 bits per heavy atom. The smallest absolute Gasteiger partial charge is 0.307 e. The maximum absolute atomic E-state index is 11.4. The number of methoxy groups -OCH3 is 1. The Bertz CT molecular complexity index is 430. The van der Waals surface area contributed by atoms with E-state index in [1.54, 1.807) is 7.11 Å². The molecule has 3 nitrogen and oxygen atoms in total. The van der Waals surface area contributed by atoms with Crippen LogP contribution >= 0.6 is 0 Å². The van der Waals surface area contributed by atoms with E-state index in [1.807, 2.05) is 45.9 Å². The van der Waals surface area contributed by atoms with E-state index in [2.05, 4.69) is 0 Å². The molecule has 1 N–H and O–H groups in total. The molecular formula is C15H22O3. The van der Waals surface area contributed by atoms with Crippen LogP contribution in [-0.2, 0) is 11.2 Å². The summed E-state index contributed by atoms with van der Waals surface area (Å²) in [6.07, 6.45) is 0.490. The number of aryl methyl sites for hydroxylation is 1. The molecule has 0 aliphatic heterocycles. The lowest BCUT2D eigenvalue weighted by Crippen LogP contribution is -2.30. The lowest BCUT2D eigenvalue weighted by molar-refractivity contribution is -0.145. The Hall–Kier alpha value is -1.51. The zero-order valence-corrected chi connectivity index (χ0v) is 11.8. The maximum Gasteiger partial charge on any atom is 0.307 e. The zero-order chi connectivity index (χ0) is 13.9. The normalized spacial score (nSPS) is 13.2. The van der Waals surface area contributed by atoms with E-state index in [1.165, 1.54) is 0 Å². The molecule has 1 rings (SSSR count). The molecule has 0 aromatic heterocycles. The van der Waals surface area contributed by atoms with E-state index < -0.39 is 11.9 Å². The third kappa shape index (κ3) is 3.49. The zero-order valence-electron chi connectivity index (χ0n) is 11.8.